The van der Waals surface area contributed by atoms with E-state index < -0.39 is 0 Å². The van der Waals surface area contributed by atoms with Gasteiger partial charge in [0.15, 0.2) is 11.5 Å². The van der Waals surface area contributed by atoms with Gasteiger partial charge in [-0.3, -0.25) is 9.59 Å². The molecule has 2 amide bonds. The van der Waals surface area contributed by atoms with Gasteiger partial charge >= 0.3 is 0 Å². The maximum absolute atomic E-state index is 13.5. The molecule has 3 rings (SSSR count). The van der Waals surface area contributed by atoms with E-state index in [4.69, 9.17) is 5.11 Å². The monoisotopic (exact) mass is 456 g/mol. The number of carbonyl (C=O) groups is 2. The molecule has 0 aliphatic heterocycles. The molecule has 1 atom stereocenters. The summed E-state index contributed by atoms with van der Waals surface area (Å²) in [5.41, 5.74) is 1.80. The number of amides is 2. The molecular weight excluding hydrogens is 430 g/mol. The number of hydrogen-bond acceptors (Lipinski definition) is 4. The highest BCUT2D eigenvalue weighted by molar-refractivity contribution is 7.27. The van der Waals surface area contributed by atoms with Crippen LogP contribution in [0.5, 0.6) is 0 Å². The lowest BCUT2D eigenvalue weighted by molar-refractivity contribution is -0.107. The van der Waals surface area contributed by atoms with Crippen molar-refractivity contribution >= 4 is 32.7 Å². The first-order valence-corrected chi connectivity index (χ1v) is 10.7. The van der Waals surface area contributed by atoms with Gasteiger partial charge in [-0.15, -0.1) is 9.24 Å². The molecule has 7 nitrogen and oxygen atoms in total. The van der Waals surface area contributed by atoms with Crippen LogP contribution >= 0.6 is 9.24 Å². The smallest absolute Gasteiger partial charge is 0.274 e. The number of benzene rings is 2. The van der Waals surface area contributed by atoms with Crippen LogP contribution in [0.2, 0.25) is 0 Å². The standard InChI is InChI=1S/C23H26FN4O3P/c1-26(11-4-12-29)23(31)20-22(27(2)15-30)25-21(17-5-3-6-19(32)13-17)28(20)14-16-7-9-18(24)10-8-16/h3,5-10,13,15,29H,4,11-12,14,32H2,1-2H3. The number of nitrogens with zero attached hydrogens (tertiary/aromatic N) is 4. The molecule has 1 N–H and O–H groups in total. The molecule has 0 spiro atoms. The molecule has 3 aromatic rings. The maximum atomic E-state index is 13.5. The van der Waals surface area contributed by atoms with E-state index in [2.05, 4.69) is 14.2 Å². The van der Waals surface area contributed by atoms with Crippen LogP contribution in [-0.2, 0) is 11.3 Å². The molecule has 0 radical (unpaired) electrons. The van der Waals surface area contributed by atoms with Gasteiger partial charge in [0.25, 0.3) is 5.91 Å². The lowest BCUT2D eigenvalue weighted by Gasteiger charge is -2.20. The minimum absolute atomic E-state index is 0.0419. The minimum atomic E-state index is -0.350. The third-order valence-electron chi connectivity index (χ3n) is 5.04. The molecule has 0 saturated carbocycles. The van der Waals surface area contributed by atoms with Crippen LogP contribution in [0.4, 0.5) is 10.2 Å². The van der Waals surface area contributed by atoms with Crippen LogP contribution in [0.1, 0.15) is 22.5 Å². The Morgan fingerprint density at radius 1 is 1.22 bits per heavy atom. The highest BCUT2D eigenvalue weighted by Crippen LogP contribution is 2.29. The van der Waals surface area contributed by atoms with E-state index in [9.17, 15) is 14.0 Å². The van der Waals surface area contributed by atoms with Crippen molar-refractivity contribution in [2.45, 2.75) is 13.0 Å². The number of anilines is 1. The second-order valence-electron chi connectivity index (χ2n) is 7.47. The first kappa shape index (κ1) is 23.6. The van der Waals surface area contributed by atoms with Crippen LogP contribution in [0.15, 0.2) is 48.5 Å². The van der Waals surface area contributed by atoms with Crippen LogP contribution in [0, 0.1) is 5.82 Å². The van der Waals surface area contributed by atoms with Gasteiger partial charge in [-0.1, -0.05) is 30.3 Å². The topological polar surface area (TPSA) is 78.7 Å². The summed E-state index contributed by atoms with van der Waals surface area (Å²) in [6, 6.07) is 13.6. The second-order valence-corrected chi connectivity index (χ2v) is 8.13. The van der Waals surface area contributed by atoms with E-state index in [-0.39, 0.29) is 36.4 Å². The molecule has 0 saturated heterocycles. The molecule has 32 heavy (non-hydrogen) atoms. The number of hydrogen-bond donors (Lipinski definition) is 1. The molecular formula is C23H26FN4O3P. The van der Waals surface area contributed by atoms with Crippen LogP contribution < -0.4 is 10.2 Å². The molecule has 1 unspecified atom stereocenters. The van der Waals surface area contributed by atoms with Gasteiger partial charge in [0.1, 0.15) is 11.6 Å². The zero-order chi connectivity index (χ0) is 23.3. The third kappa shape index (κ3) is 5.21. The highest BCUT2D eigenvalue weighted by atomic mass is 31.0. The van der Waals surface area contributed by atoms with E-state index in [1.165, 1.54) is 29.0 Å². The fourth-order valence-corrected chi connectivity index (χ4v) is 3.65. The van der Waals surface area contributed by atoms with Crippen molar-refractivity contribution in [3.8, 4) is 11.4 Å². The SMILES string of the molecule is CN(CCCO)C(=O)c1c(N(C)C=O)nc(-c2cccc(P)c2)n1Cc1ccc(F)cc1. The third-order valence-corrected chi connectivity index (χ3v) is 5.40. The quantitative estimate of drug-likeness (QED) is 0.396. The summed E-state index contributed by atoms with van der Waals surface area (Å²) < 4.78 is 15.2. The summed E-state index contributed by atoms with van der Waals surface area (Å²) in [5.74, 6) is 0.0649. The van der Waals surface area contributed by atoms with Crippen LogP contribution in [-0.4, -0.2) is 59.1 Å². The Hall–Kier alpha value is -3.09. The molecule has 0 aliphatic rings. The number of imidazole rings is 1. The number of halogens is 1. The summed E-state index contributed by atoms with van der Waals surface area (Å²) in [4.78, 5) is 32.5. The molecule has 0 bridgehead atoms. The van der Waals surface area contributed by atoms with E-state index in [1.54, 1.807) is 23.7 Å². The van der Waals surface area contributed by atoms with E-state index in [0.717, 1.165) is 16.4 Å². The van der Waals surface area contributed by atoms with Gasteiger partial charge in [-0.2, -0.15) is 0 Å². The van der Waals surface area contributed by atoms with Crippen molar-refractivity contribution in [2.75, 3.05) is 32.1 Å². The van der Waals surface area contributed by atoms with Gasteiger partial charge in [-0.05, 0) is 35.5 Å². The van der Waals surface area contributed by atoms with Crippen molar-refractivity contribution in [1.29, 1.82) is 0 Å². The van der Waals surface area contributed by atoms with Crippen molar-refractivity contribution in [3.05, 3.63) is 65.6 Å². The van der Waals surface area contributed by atoms with Crippen LogP contribution in [0.3, 0.4) is 0 Å². The zero-order valence-corrected chi connectivity index (χ0v) is 19.2. The Morgan fingerprint density at radius 2 is 1.94 bits per heavy atom. The zero-order valence-electron chi connectivity index (χ0n) is 18.0. The normalized spacial score (nSPS) is 10.8. The highest BCUT2D eigenvalue weighted by Gasteiger charge is 2.28. The fraction of sp³-hybridized carbons (Fsp3) is 0.261. The Balaban J connectivity index is 2.21. The van der Waals surface area contributed by atoms with Gasteiger partial charge in [0.2, 0.25) is 6.41 Å². The first-order chi connectivity index (χ1) is 15.3. The van der Waals surface area contributed by atoms with E-state index in [0.29, 0.717) is 25.2 Å². The Kier molecular flexibility index (Phi) is 7.72. The predicted molar refractivity (Wildman–Crippen MR) is 126 cm³/mol. The van der Waals surface area contributed by atoms with Crippen LogP contribution in [0.25, 0.3) is 11.4 Å². The number of aliphatic hydroxyl groups excluding tert-OH is 1. The largest absolute Gasteiger partial charge is 0.396 e. The molecule has 9 heteroatoms. The van der Waals surface area contributed by atoms with Gasteiger partial charge in [0.05, 0.1) is 0 Å². The lowest BCUT2D eigenvalue weighted by atomic mass is 10.2. The molecule has 168 valence electrons. The maximum Gasteiger partial charge on any atom is 0.274 e. The predicted octanol–water partition coefficient (Wildman–Crippen LogP) is 2.28. The summed E-state index contributed by atoms with van der Waals surface area (Å²) in [6.07, 6.45) is 1.03. The first-order valence-electron chi connectivity index (χ1n) is 10.1. The summed E-state index contributed by atoms with van der Waals surface area (Å²) in [5, 5.41) is 10.1. The average Bonchev–Trinajstić information content (AvgIpc) is 3.16. The summed E-state index contributed by atoms with van der Waals surface area (Å²) in [6.45, 7) is 0.558. The van der Waals surface area contributed by atoms with Crippen molar-refractivity contribution in [2.24, 2.45) is 0 Å². The summed E-state index contributed by atoms with van der Waals surface area (Å²) in [7, 11) is 5.81. The average molecular weight is 456 g/mol. The molecule has 1 heterocycles. The number of rotatable bonds is 9. The van der Waals surface area contributed by atoms with Crippen molar-refractivity contribution < 1.29 is 19.1 Å². The fourth-order valence-electron chi connectivity index (χ4n) is 3.36. The molecule has 0 aliphatic carbocycles. The summed E-state index contributed by atoms with van der Waals surface area (Å²) >= 11 is 0. The van der Waals surface area contributed by atoms with Gasteiger partial charge in [-0.25, -0.2) is 9.37 Å². The Bertz CT molecular complexity index is 1100. The van der Waals surface area contributed by atoms with Gasteiger partial charge in [0, 0.05) is 39.4 Å². The Morgan fingerprint density at radius 3 is 2.56 bits per heavy atom. The molecule has 2 aromatic carbocycles. The number of carbonyl (C=O) groups excluding carboxylic acids is 2. The van der Waals surface area contributed by atoms with E-state index in [1.807, 2.05) is 24.3 Å². The number of aliphatic hydroxyl groups is 1. The van der Waals surface area contributed by atoms with Crippen molar-refractivity contribution in [3.63, 3.8) is 0 Å². The molecule has 1 aromatic heterocycles. The lowest BCUT2D eigenvalue weighted by Crippen LogP contribution is -2.32. The van der Waals surface area contributed by atoms with Crippen molar-refractivity contribution in [1.82, 2.24) is 14.5 Å². The second kappa shape index (κ2) is 10.5. The van der Waals surface area contributed by atoms with E-state index >= 15 is 0 Å². The number of aromatic nitrogens is 2. The Labute approximate surface area is 188 Å². The molecule has 0 fully saturated rings. The minimum Gasteiger partial charge on any atom is -0.396 e. The van der Waals surface area contributed by atoms with Gasteiger partial charge < -0.3 is 19.5 Å².